The molecular weight excluding hydrogens is 393 g/mol. The van der Waals surface area contributed by atoms with Crippen LogP contribution >= 0.6 is 23.2 Å². The number of piperazine rings is 1. The summed E-state index contributed by atoms with van der Waals surface area (Å²) < 4.78 is 0. The molecule has 1 aliphatic heterocycles. The summed E-state index contributed by atoms with van der Waals surface area (Å²) in [6.45, 7) is 5.67. The smallest absolute Gasteiger partial charge is 0.162 e. The third kappa shape index (κ3) is 4.44. The molecule has 0 saturated carbocycles. The van der Waals surface area contributed by atoms with Crippen LogP contribution in [0, 0.1) is 0 Å². The first-order valence-corrected chi connectivity index (χ1v) is 10.3. The van der Waals surface area contributed by atoms with Gasteiger partial charge in [-0.2, -0.15) is 0 Å². The van der Waals surface area contributed by atoms with E-state index >= 15 is 0 Å². The Labute approximate surface area is 175 Å². The minimum absolute atomic E-state index is 0.607. The molecule has 4 rings (SSSR count). The van der Waals surface area contributed by atoms with Crippen LogP contribution in [0.2, 0.25) is 10.0 Å². The van der Waals surface area contributed by atoms with Gasteiger partial charge < -0.3 is 9.80 Å². The number of pyridine rings is 1. The van der Waals surface area contributed by atoms with Crippen molar-refractivity contribution in [3.63, 3.8) is 0 Å². The third-order valence-corrected chi connectivity index (χ3v) is 5.83. The Morgan fingerprint density at radius 3 is 2.50 bits per heavy atom. The molecule has 0 aliphatic carbocycles. The second kappa shape index (κ2) is 8.70. The number of likely N-dealkylation sites (N-methyl/N-ethyl adjacent to an activating group) is 1. The van der Waals surface area contributed by atoms with Gasteiger partial charge in [0.25, 0.3) is 0 Å². The Hall–Kier alpha value is -1.79. The van der Waals surface area contributed by atoms with E-state index in [2.05, 4.69) is 31.8 Å². The fraction of sp³-hybridized carbons (Fsp3) is 0.381. The number of benzene rings is 1. The van der Waals surface area contributed by atoms with Gasteiger partial charge in [-0.05, 0) is 38.2 Å². The number of aryl methyl sites for hydroxylation is 1. The zero-order chi connectivity index (χ0) is 19.5. The molecule has 0 radical (unpaired) electrons. The van der Waals surface area contributed by atoms with Crippen LogP contribution in [0.15, 0.2) is 36.7 Å². The van der Waals surface area contributed by atoms with Crippen molar-refractivity contribution in [2.75, 3.05) is 39.8 Å². The van der Waals surface area contributed by atoms with Crippen LogP contribution in [0.1, 0.15) is 12.2 Å². The van der Waals surface area contributed by atoms with Crippen molar-refractivity contribution in [3.8, 4) is 11.1 Å². The van der Waals surface area contributed by atoms with Gasteiger partial charge in [-0.15, -0.1) is 0 Å². The first-order chi connectivity index (χ1) is 13.6. The molecular formula is C21H23Cl2N5. The third-order valence-electron chi connectivity index (χ3n) is 5.20. The van der Waals surface area contributed by atoms with E-state index < -0.39 is 0 Å². The van der Waals surface area contributed by atoms with Crippen LogP contribution in [0.3, 0.4) is 0 Å². The predicted molar refractivity (Wildman–Crippen MR) is 115 cm³/mol. The van der Waals surface area contributed by atoms with Gasteiger partial charge in [0.05, 0.1) is 0 Å². The molecule has 1 saturated heterocycles. The number of aromatic nitrogens is 3. The number of nitrogens with zero attached hydrogens (tertiary/aromatic N) is 5. The van der Waals surface area contributed by atoms with Gasteiger partial charge in [-0.3, -0.25) is 0 Å². The highest BCUT2D eigenvalue weighted by molar-refractivity contribution is 6.39. The first kappa shape index (κ1) is 19.5. The molecule has 2 aromatic heterocycles. The van der Waals surface area contributed by atoms with Gasteiger partial charge in [-0.25, -0.2) is 15.0 Å². The van der Waals surface area contributed by atoms with Gasteiger partial charge in [-0.1, -0.05) is 29.3 Å². The Bertz CT molecular complexity index is 950. The average Bonchev–Trinajstić information content (AvgIpc) is 2.69. The molecule has 5 nitrogen and oxygen atoms in total. The maximum Gasteiger partial charge on any atom is 0.162 e. The summed E-state index contributed by atoms with van der Waals surface area (Å²) in [4.78, 5) is 18.6. The molecule has 0 bridgehead atoms. The van der Waals surface area contributed by atoms with E-state index in [0.717, 1.165) is 67.9 Å². The molecule has 0 N–H and O–H groups in total. The van der Waals surface area contributed by atoms with Crippen molar-refractivity contribution < 1.29 is 0 Å². The first-order valence-electron chi connectivity index (χ1n) is 9.57. The molecule has 3 heterocycles. The lowest BCUT2D eigenvalue weighted by Crippen LogP contribution is -2.44. The van der Waals surface area contributed by atoms with Gasteiger partial charge in [0, 0.05) is 71.6 Å². The van der Waals surface area contributed by atoms with E-state index in [9.17, 15) is 0 Å². The van der Waals surface area contributed by atoms with Gasteiger partial charge in [0.1, 0.15) is 5.82 Å². The Morgan fingerprint density at radius 1 is 1.00 bits per heavy atom. The Kier molecular flexibility index (Phi) is 6.07. The number of halogens is 2. The molecule has 1 fully saturated rings. The zero-order valence-corrected chi connectivity index (χ0v) is 17.4. The van der Waals surface area contributed by atoms with Crippen molar-refractivity contribution in [3.05, 3.63) is 52.5 Å². The molecule has 0 atom stereocenters. The van der Waals surface area contributed by atoms with Crippen LogP contribution in [-0.2, 0) is 6.42 Å². The summed E-state index contributed by atoms with van der Waals surface area (Å²) >= 11 is 12.6. The van der Waals surface area contributed by atoms with E-state index in [1.165, 1.54) is 0 Å². The van der Waals surface area contributed by atoms with Crippen LogP contribution < -0.4 is 0 Å². The van der Waals surface area contributed by atoms with Gasteiger partial charge in [0.2, 0.25) is 0 Å². The average molecular weight is 416 g/mol. The molecule has 1 aromatic carbocycles. The van der Waals surface area contributed by atoms with Crippen LogP contribution in [0.5, 0.6) is 0 Å². The minimum Gasteiger partial charge on any atom is -0.304 e. The summed E-state index contributed by atoms with van der Waals surface area (Å²) in [5.41, 5.74) is 2.36. The number of fused-ring (bicyclic) bond motifs is 1. The second-order valence-electron chi connectivity index (χ2n) is 7.27. The van der Waals surface area contributed by atoms with E-state index in [-0.39, 0.29) is 0 Å². The van der Waals surface area contributed by atoms with Gasteiger partial charge in [0.15, 0.2) is 5.65 Å². The zero-order valence-electron chi connectivity index (χ0n) is 15.9. The highest BCUT2D eigenvalue weighted by Gasteiger charge is 2.14. The highest BCUT2D eigenvalue weighted by atomic mass is 35.5. The summed E-state index contributed by atoms with van der Waals surface area (Å²) in [5, 5.41) is 2.10. The van der Waals surface area contributed by atoms with Crippen molar-refractivity contribution >= 4 is 34.2 Å². The lowest BCUT2D eigenvalue weighted by molar-refractivity contribution is 0.153. The van der Waals surface area contributed by atoms with E-state index in [0.29, 0.717) is 15.7 Å². The van der Waals surface area contributed by atoms with Crippen molar-refractivity contribution in [2.45, 2.75) is 12.8 Å². The Morgan fingerprint density at radius 2 is 1.75 bits per heavy atom. The van der Waals surface area contributed by atoms with Gasteiger partial charge >= 0.3 is 0 Å². The fourth-order valence-electron chi connectivity index (χ4n) is 3.52. The normalized spacial score (nSPS) is 16.0. The predicted octanol–water partition coefficient (Wildman–Crippen LogP) is 4.18. The summed E-state index contributed by atoms with van der Waals surface area (Å²) in [5.74, 6) is 0.845. The second-order valence-corrected chi connectivity index (χ2v) is 8.08. The molecule has 0 spiro atoms. The van der Waals surface area contributed by atoms with Crippen LogP contribution in [-0.4, -0.2) is 64.5 Å². The molecule has 7 heteroatoms. The molecule has 3 aromatic rings. The van der Waals surface area contributed by atoms with E-state index in [4.69, 9.17) is 23.2 Å². The fourth-order valence-corrected chi connectivity index (χ4v) is 4.14. The topological polar surface area (TPSA) is 45.2 Å². The molecule has 1 aliphatic rings. The summed E-state index contributed by atoms with van der Waals surface area (Å²) in [6.07, 6.45) is 5.54. The lowest BCUT2D eigenvalue weighted by Gasteiger charge is -2.32. The lowest BCUT2D eigenvalue weighted by atomic mass is 10.1. The minimum atomic E-state index is 0.607. The maximum atomic E-state index is 6.32. The molecule has 28 heavy (non-hydrogen) atoms. The van der Waals surface area contributed by atoms with E-state index in [1.54, 1.807) is 6.20 Å². The number of hydrogen-bond acceptors (Lipinski definition) is 5. The van der Waals surface area contributed by atoms with Crippen molar-refractivity contribution in [1.29, 1.82) is 0 Å². The number of rotatable bonds is 5. The molecule has 146 valence electrons. The quantitative estimate of drug-likeness (QED) is 0.625. The summed E-state index contributed by atoms with van der Waals surface area (Å²) in [7, 11) is 2.18. The Balaban J connectivity index is 1.45. The largest absolute Gasteiger partial charge is 0.304 e. The monoisotopic (exact) mass is 415 g/mol. The standard InChI is InChI=1S/C21H23Cl2N5/c1-27-8-10-28(11-9-27)7-3-6-19-24-14-16-12-15(13-25-21(16)26-19)20-17(22)4-2-5-18(20)23/h2,4-5,12-14H,3,6-11H2,1H3. The highest BCUT2D eigenvalue weighted by Crippen LogP contribution is 2.34. The molecule has 0 amide bonds. The SMILES string of the molecule is CN1CCN(CCCc2ncc3cc(-c4c(Cl)cccc4Cl)cnc3n2)CC1. The van der Waals surface area contributed by atoms with Crippen LogP contribution in [0.4, 0.5) is 0 Å². The number of hydrogen-bond donors (Lipinski definition) is 0. The summed E-state index contributed by atoms with van der Waals surface area (Å²) in [6, 6.07) is 7.48. The molecule has 0 unspecified atom stereocenters. The van der Waals surface area contributed by atoms with Crippen molar-refractivity contribution in [1.82, 2.24) is 24.8 Å². The maximum absolute atomic E-state index is 6.32. The van der Waals surface area contributed by atoms with E-state index in [1.807, 2.05) is 30.5 Å². The van der Waals surface area contributed by atoms with Crippen molar-refractivity contribution in [2.24, 2.45) is 0 Å². The van der Waals surface area contributed by atoms with Crippen LogP contribution in [0.25, 0.3) is 22.2 Å².